The maximum Gasteiger partial charge on any atom is 0.305 e. The summed E-state index contributed by atoms with van der Waals surface area (Å²) in [6.07, 6.45) is 6.37. The van der Waals surface area contributed by atoms with Gasteiger partial charge in [0, 0.05) is 29.6 Å². The number of aromatic amines is 1. The number of benzene rings is 1. The first-order valence-electron chi connectivity index (χ1n) is 11.5. The summed E-state index contributed by atoms with van der Waals surface area (Å²) in [6, 6.07) is 5.83. The van der Waals surface area contributed by atoms with Crippen LogP contribution in [0.15, 0.2) is 29.3 Å². The van der Waals surface area contributed by atoms with Gasteiger partial charge in [0.1, 0.15) is 17.0 Å². The Bertz CT molecular complexity index is 1410. The van der Waals surface area contributed by atoms with E-state index in [0.29, 0.717) is 5.91 Å². The number of hydrogen-bond acceptors (Lipinski definition) is 7. The number of likely N-dealkylation sites (tertiary alicyclic amines) is 1. The van der Waals surface area contributed by atoms with E-state index in [4.69, 9.17) is 0 Å². The van der Waals surface area contributed by atoms with Crippen LogP contribution in [0.3, 0.4) is 0 Å². The number of hydrogen-bond donors (Lipinski definition) is 2. The maximum absolute atomic E-state index is 13.2. The van der Waals surface area contributed by atoms with Crippen molar-refractivity contribution in [1.82, 2.24) is 19.9 Å². The quantitative estimate of drug-likeness (QED) is 0.444. The van der Waals surface area contributed by atoms with Gasteiger partial charge in [-0.3, -0.25) is 9.59 Å². The fraction of sp³-hybridized carbons (Fsp3) is 0.417. The van der Waals surface area contributed by atoms with E-state index in [0.717, 1.165) is 83.1 Å². The lowest BCUT2D eigenvalue weighted by molar-refractivity contribution is -0.137. The second-order valence-electron chi connectivity index (χ2n) is 9.20. The number of anilines is 2. The van der Waals surface area contributed by atoms with Gasteiger partial charge in [0.2, 0.25) is 5.91 Å². The molecule has 2 aliphatic rings. The van der Waals surface area contributed by atoms with E-state index < -0.39 is 0 Å². The molecule has 1 aromatic carbocycles. The van der Waals surface area contributed by atoms with Crippen molar-refractivity contribution in [2.45, 2.75) is 39.0 Å². The molecule has 4 aromatic rings. The molecule has 33 heavy (non-hydrogen) atoms. The monoisotopic (exact) mass is 479 g/mol. The van der Waals surface area contributed by atoms with Gasteiger partial charge < -0.3 is 15.2 Å². The zero-order valence-corrected chi connectivity index (χ0v) is 20.0. The molecule has 6 rings (SSSR count). The molecule has 1 aliphatic carbocycles. The maximum atomic E-state index is 13.2. The molecule has 2 N–H and O–H groups in total. The summed E-state index contributed by atoms with van der Waals surface area (Å²) in [4.78, 5) is 41.0. The number of fused-ring (bicyclic) bond motifs is 4. The number of thiophene rings is 1. The number of carbonyl (C=O) groups is 1. The van der Waals surface area contributed by atoms with Crippen LogP contribution >= 0.6 is 22.7 Å². The molecule has 3 aromatic heterocycles. The van der Waals surface area contributed by atoms with Crippen molar-refractivity contribution in [3.63, 3.8) is 0 Å². The van der Waals surface area contributed by atoms with Crippen LogP contribution in [0.5, 0.6) is 0 Å². The van der Waals surface area contributed by atoms with Gasteiger partial charge in [0.15, 0.2) is 0 Å². The van der Waals surface area contributed by atoms with Gasteiger partial charge in [-0.25, -0.2) is 9.97 Å². The van der Waals surface area contributed by atoms with Crippen LogP contribution in [-0.4, -0.2) is 38.8 Å². The van der Waals surface area contributed by atoms with E-state index in [2.05, 4.69) is 32.1 Å². The number of piperidine rings is 1. The molecule has 170 valence electrons. The predicted molar refractivity (Wildman–Crippen MR) is 134 cm³/mol. The molecule has 0 radical (unpaired) electrons. The Balaban J connectivity index is 1.28. The van der Waals surface area contributed by atoms with Crippen molar-refractivity contribution in [2.24, 2.45) is 11.8 Å². The molecule has 1 aliphatic heterocycles. The Kier molecular flexibility index (Phi) is 5.18. The Morgan fingerprint density at radius 2 is 2.03 bits per heavy atom. The number of thiazole rings is 1. The number of aromatic nitrogens is 3. The highest BCUT2D eigenvalue weighted by Crippen LogP contribution is 2.41. The smallest absolute Gasteiger partial charge is 0.305 e. The Morgan fingerprint density at radius 3 is 2.88 bits per heavy atom. The second kappa shape index (κ2) is 8.22. The lowest BCUT2D eigenvalue weighted by Crippen LogP contribution is -2.42. The molecular weight excluding hydrogens is 454 g/mol. The summed E-state index contributed by atoms with van der Waals surface area (Å²) in [7, 11) is 0. The molecule has 1 saturated heterocycles. The summed E-state index contributed by atoms with van der Waals surface area (Å²) in [6.45, 7) is 4.07. The zero-order valence-electron chi connectivity index (χ0n) is 18.4. The Hall–Kier alpha value is -2.78. The zero-order chi connectivity index (χ0) is 22.5. The Morgan fingerprint density at radius 1 is 1.18 bits per heavy atom. The van der Waals surface area contributed by atoms with Gasteiger partial charge in [-0.2, -0.15) is 0 Å². The van der Waals surface area contributed by atoms with Crippen LogP contribution in [-0.2, 0) is 17.6 Å². The largest absolute Gasteiger partial charge is 0.342 e. The minimum absolute atomic E-state index is 0.0540. The first-order chi connectivity index (χ1) is 16.0. The van der Waals surface area contributed by atoms with Crippen LogP contribution in [0.25, 0.3) is 20.4 Å². The highest BCUT2D eigenvalue weighted by Gasteiger charge is 2.32. The van der Waals surface area contributed by atoms with Crippen molar-refractivity contribution < 1.29 is 4.79 Å². The molecule has 4 heterocycles. The molecule has 1 atom stereocenters. The first kappa shape index (κ1) is 20.8. The summed E-state index contributed by atoms with van der Waals surface area (Å²) in [5.41, 5.74) is 3.01. The molecule has 1 amide bonds. The number of aryl methyl sites for hydroxylation is 1. The third-order valence-corrected chi connectivity index (χ3v) is 8.98. The first-order valence-corrected chi connectivity index (χ1v) is 13.1. The lowest BCUT2D eigenvalue weighted by atomic mass is 9.86. The fourth-order valence-electron chi connectivity index (χ4n) is 5.06. The molecule has 9 heteroatoms. The van der Waals surface area contributed by atoms with Crippen LogP contribution in [0.2, 0.25) is 0 Å². The standard InChI is InChI=1S/C24H25N5O2S2/c1-13-6-8-29(9-7-13)23(30)14-2-4-16-18(10-14)32-22-20(16)21(25-12-26-22)27-15-3-5-17-19(11-15)33-24(31)28-17/h3,5,11-14H,2,4,6-10H2,1H3,(H,28,31)(H,25,26,27). The van der Waals surface area contributed by atoms with Crippen LogP contribution in [0.1, 0.15) is 36.6 Å². The average molecular weight is 480 g/mol. The van der Waals surface area contributed by atoms with Crippen molar-refractivity contribution in [3.05, 3.63) is 44.6 Å². The van der Waals surface area contributed by atoms with E-state index in [-0.39, 0.29) is 10.8 Å². The third kappa shape index (κ3) is 3.83. The van der Waals surface area contributed by atoms with Crippen LogP contribution < -0.4 is 10.2 Å². The minimum atomic E-state index is -0.0540. The SMILES string of the molecule is CC1CCN(C(=O)C2CCc3c(sc4ncnc(Nc5ccc6[nH]c(=O)sc6c5)c34)C2)CC1. The van der Waals surface area contributed by atoms with Crippen molar-refractivity contribution in [2.75, 3.05) is 18.4 Å². The number of rotatable bonds is 3. The molecule has 1 unspecified atom stereocenters. The van der Waals surface area contributed by atoms with E-state index in [1.807, 2.05) is 18.2 Å². The van der Waals surface area contributed by atoms with Gasteiger partial charge in [0.25, 0.3) is 0 Å². The molecule has 0 bridgehead atoms. The van der Waals surface area contributed by atoms with Gasteiger partial charge in [-0.15, -0.1) is 11.3 Å². The lowest BCUT2D eigenvalue weighted by Gasteiger charge is -2.34. The predicted octanol–water partition coefficient (Wildman–Crippen LogP) is 4.70. The van der Waals surface area contributed by atoms with Gasteiger partial charge in [0.05, 0.1) is 15.6 Å². The summed E-state index contributed by atoms with van der Waals surface area (Å²) < 4.78 is 0.913. The van der Waals surface area contributed by atoms with E-state index in [9.17, 15) is 9.59 Å². The third-order valence-electron chi connectivity index (χ3n) is 6.97. The number of nitrogens with zero attached hydrogens (tertiary/aromatic N) is 3. The molecule has 0 spiro atoms. The van der Waals surface area contributed by atoms with E-state index >= 15 is 0 Å². The molecule has 0 saturated carbocycles. The molecule has 1 fully saturated rings. The van der Waals surface area contributed by atoms with Gasteiger partial charge in [-0.05, 0) is 61.8 Å². The average Bonchev–Trinajstić information content (AvgIpc) is 3.38. The minimum Gasteiger partial charge on any atom is -0.342 e. The van der Waals surface area contributed by atoms with Crippen LogP contribution in [0, 0.1) is 11.8 Å². The summed E-state index contributed by atoms with van der Waals surface area (Å²) in [5, 5.41) is 4.51. The topological polar surface area (TPSA) is 91.0 Å². The normalized spacial score (nSPS) is 19.2. The van der Waals surface area contributed by atoms with Crippen LogP contribution in [0.4, 0.5) is 11.5 Å². The highest BCUT2D eigenvalue weighted by atomic mass is 32.1. The highest BCUT2D eigenvalue weighted by molar-refractivity contribution is 7.19. The summed E-state index contributed by atoms with van der Waals surface area (Å²) >= 11 is 2.89. The second-order valence-corrected chi connectivity index (χ2v) is 11.3. The number of H-pyrrole nitrogens is 1. The van der Waals surface area contributed by atoms with Crippen molar-refractivity contribution in [3.8, 4) is 0 Å². The fourth-order valence-corrected chi connectivity index (χ4v) is 7.11. The van der Waals surface area contributed by atoms with Gasteiger partial charge in [-0.1, -0.05) is 18.3 Å². The van der Waals surface area contributed by atoms with Gasteiger partial charge >= 0.3 is 4.87 Å². The van der Waals surface area contributed by atoms with E-state index in [1.165, 1.54) is 21.8 Å². The van der Waals surface area contributed by atoms with Crippen molar-refractivity contribution >= 4 is 60.5 Å². The van der Waals surface area contributed by atoms with Crippen molar-refractivity contribution in [1.29, 1.82) is 0 Å². The Labute approximate surface area is 198 Å². The van der Waals surface area contributed by atoms with E-state index in [1.54, 1.807) is 17.7 Å². The number of nitrogens with one attached hydrogen (secondary N) is 2. The number of carbonyl (C=O) groups excluding carboxylic acids is 1. The molecular formula is C24H25N5O2S2. The number of amides is 1. The summed E-state index contributed by atoms with van der Waals surface area (Å²) in [5.74, 6) is 1.91. The molecule has 7 nitrogen and oxygen atoms in total.